The molecule has 1 aliphatic rings. The standard InChI is InChI=1S/C17H34N2O/c18-17(20)16-12-8-4-2-1-3-6-10-14-19-15-11-7-5-9-13-16/h16,19H,1-15H2,(H2,18,20). The van der Waals surface area contributed by atoms with Crippen LogP contribution in [0.1, 0.15) is 83.5 Å². The van der Waals surface area contributed by atoms with Crippen LogP contribution < -0.4 is 11.1 Å². The van der Waals surface area contributed by atoms with Gasteiger partial charge in [-0.25, -0.2) is 0 Å². The summed E-state index contributed by atoms with van der Waals surface area (Å²) in [6, 6.07) is 0. The fourth-order valence-electron chi connectivity index (χ4n) is 3.07. The molecule has 1 amide bonds. The van der Waals surface area contributed by atoms with E-state index in [1.807, 2.05) is 0 Å². The summed E-state index contributed by atoms with van der Waals surface area (Å²) in [4.78, 5) is 11.5. The van der Waals surface area contributed by atoms with E-state index >= 15 is 0 Å². The Labute approximate surface area is 125 Å². The lowest BCUT2D eigenvalue weighted by Gasteiger charge is -2.13. The molecule has 1 atom stereocenters. The van der Waals surface area contributed by atoms with Crippen LogP contribution in [0.4, 0.5) is 0 Å². The fraction of sp³-hybridized carbons (Fsp3) is 0.941. The highest BCUT2D eigenvalue weighted by Gasteiger charge is 2.14. The van der Waals surface area contributed by atoms with Crippen molar-refractivity contribution in [3.05, 3.63) is 0 Å². The van der Waals surface area contributed by atoms with Crippen LogP contribution in [0.2, 0.25) is 0 Å². The van der Waals surface area contributed by atoms with Crippen LogP contribution in [0.15, 0.2) is 0 Å². The molecular formula is C17H34N2O. The first-order chi connectivity index (χ1) is 9.80. The molecule has 1 aliphatic heterocycles. The van der Waals surface area contributed by atoms with Gasteiger partial charge in [0.05, 0.1) is 0 Å². The van der Waals surface area contributed by atoms with Gasteiger partial charge in [-0.15, -0.1) is 0 Å². The molecule has 3 nitrogen and oxygen atoms in total. The Hall–Kier alpha value is -0.570. The van der Waals surface area contributed by atoms with Gasteiger partial charge in [0.2, 0.25) is 5.91 Å². The Morgan fingerprint density at radius 3 is 1.55 bits per heavy atom. The number of primary amides is 1. The highest BCUT2D eigenvalue weighted by molar-refractivity contribution is 5.76. The summed E-state index contributed by atoms with van der Waals surface area (Å²) in [6.07, 6.45) is 16.1. The van der Waals surface area contributed by atoms with Crippen LogP contribution in [-0.4, -0.2) is 19.0 Å². The number of amides is 1. The fourth-order valence-corrected chi connectivity index (χ4v) is 3.07. The Bertz CT molecular complexity index is 225. The van der Waals surface area contributed by atoms with Gasteiger partial charge in [0.1, 0.15) is 0 Å². The maximum Gasteiger partial charge on any atom is 0.220 e. The second-order valence-electron chi connectivity index (χ2n) is 6.32. The number of hydrogen-bond donors (Lipinski definition) is 2. The molecule has 1 saturated heterocycles. The van der Waals surface area contributed by atoms with Gasteiger partial charge in [-0.3, -0.25) is 4.79 Å². The maximum absolute atomic E-state index is 11.5. The van der Waals surface area contributed by atoms with Crippen molar-refractivity contribution in [1.29, 1.82) is 0 Å². The van der Waals surface area contributed by atoms with Crippen molar-refractivity contribution in [3.8, 4) is 0 Å². The lowest BCUT2D eigenvalue weighted by molar-refractivity contribution is -0.122. The van der Waals surface area contributed by atoms with E-state index in [2.05, 4.69) is 5.32 Å². The van der Waals surface area contributed by atoms with E-state index in [9.17, 15) is 4.79 Å². The third-order valence-corrected chi connectivity index (χ3v) is 4.46. The molecular weight excluding hydrogens is 248 g/mol. The normalized spacial score (nSPS) is 25.7. The first kappa shape index (κ1) is 17.5. The number of nitrogens with two attached hydrogens (primary N) is 1. The molecule has 3 N–H and O–H groups in total. The van der Waals surface area contributed by atoms with E-state index in [1.54, 1.807) is 0 Å². The van der Waals surface area contributed by atoms with Crippen LogP contribution in [0.3, 0.4) is 0 Å². The van der Waals surface area contributed by atoms with E-state index in [4.69, 9.17) is 5.73 Å². The summed E-state index contributed by atoms with van der Waals surface area (Å²) in [6.45, 7) is 2.34. The first-order valence-electron chi connectivity index (χ1n) is 8.81. The van der Waals surface area contributed by atoms with Crippen LogP contribution >= 0.6 is 0 Å². The topological polar surface area (TPSA) is 55.1 Å². The smallest absolute Gasteiger partial charge is 0.220 e. The van der Waals surface area contributed by atoms with Gasteiger partial charge >= 0.3 is 0 Å². The second-order valence-corrected chi connectivity index (χ2v) is 6.32. The average molecular weight is 282 g/mol. The van der Waals surface area contributed by atoms with Crippen molar-refractivity contribution in [3.63, 3.8) is 0 Å². The van der Waals surface area contributed by atoms with Crippen molar-refractivity contribution in [2.75, 3.05) is 13.1 Å². The molecule has 0 saturated carbocycles. The van der Waals surface area contributed by atoms with Crippen LogP contribution in [-0.2, 0) is 4.79 Å². The van der Waals surface area contributed by atoms with Crippen molar-refractivity contribution in [2.45, 2.75) is 83.5 Å². The molecule has 0 aromatic rings. The van der Waals surface area contributed by atoms with Gasteiger partial charge in [0.15, 0.2) is 0 Å². The van der Waals surface area contributed by atoms with Gasteiger partial charge in [-0.2, -0.15) is 0 Å². The van der Waals surface area contributed by atoms with E-state index in [0.717, 1.165) is 25.8 Å². The van der Waals surface area contributed by atoms with Crippen LogP contribution in [0, 0.1) is 5.92 Å². The molecule has 20 heavy (non-hydrogen) atoms. The van der Waals surface area contributed by atoms with Crippen LogP contribution in [0.5, 0.6) is 0 Å². The Balaban J connectivity index is 2.25. The number of nitrogens with one attached hydrogen (secondary N) is 1. The van der Waals surface area contributed by atoms with Gasteiger partial charge in [0.25, 0.3) is 0 Å². The predicted octanol–water partition coefficient (Wildman–Crippen LogP) is 3.76. The van der Waals surface area contributed by atoms with Crippen molar-refractivity contribution < 1.29 is 4.79 Å². The lowest BCUT2D eigenvalue weighted by atomic mass is 9.94. The molecule has 118 valence electrons. The zero-order chi connectivity index (χ0) is 14.5. The van der Waals surface area contributed by atoms with Crippen molar-refractivity contribution >= 4 is 5.91 Å². The molecule has 0 bridgehead atoms. The zero-order valence-electron chi connectivity index (χ0n) is 13.2. The zero-order valence-corrected chi connectivity index (χ0v) is 13.2. The molecule has 1 rings (SSSR count). The number of carbonyl (C=O) groups excluding carboxylic acids is 1. The highest BCUT2D eigenvalue weighted by atomic mass is 16.1. The average Bonchev–Trinajstić information content (AvgIpc) is 2.43. The summed E-state index contributed by atoms with van der Waals surface area (Å²) in [5, 5.41) is 3.53. The molecule has 0 aromatic carbocycles. The molecule has 0 aromatic heterocycles. The summed E-state index contributed by atoms with van der Waals surface area (Å²) in [5.74, 6) is 0.0494. The molecule has 1 unspecified atom stereocenters. The summed E-state index contributed by atoms with van der Waals surface area (Å²) >= 11 is 0. The number of rotatable bonds is 1. The largest absolute Gasteiger partial charge is 0.369 e. The lowest BCUT2D eigenvalue weighted by Crippen LogP contribution is -2.23. The summed E-state index contributed by atoms with van der Waals surface area (Å²) in [7, 11) is 0. The van der Waals surface area contributed by atoms with E-state index in [0.29, 0.717) is 0 Å². The van der Waals surface area contributed by atoms with E-state index in [-0.39, 0.29) is 11.8 Å². The number of hydrogen-bond acceptors (Lipinski definition) is 2. The summed E-state index contributed by atoms with van der Waals surface area (Å²) in [5.41, 5.74) is 5.52. The first-order valence-corrected chi connectivity index (χ1v) is 8.81. The Kier molecular flexibility index (Phi) is 10.7. The molecule has 0 radical (unpaired) electrons. The minimum Gasteiger partial charge on any atom is -0.369 e. The Morgan fingerprint density at radius 1 is 0.700 bits per heavy atom. The SMILES string of the molecule is NC(=O)C1CCCCCCCCCNCCCCCC1. The van der Waals surface area contributed by atoms with Crippen LogP contribution in [0.25, 0.3) is 0 Å². The molecule has 1 fully saturated rings. The van der Waals surface area contributed by atoms with Crippen molar-refractivity contribution in [1.82, 2.24) is 5.32 Å². The van der Waals surface area contributed by atoms with E-state index < -0.39 is 0 Å². The third kappa shape index (κ3) is 9.35. The second kappa shape index (κ2) is 12.2. The third-order valence-electron chi connectivity index (χ3n) is 4.46. The predicted molar refractivity (Wildman–Crippen MR) is 85.6 cm³/mol. The van der Waals surface area contributed by atoms with Gasteiger partial charge in [-0.05, 0) is 38.8 Å². The van der Waals surface area contributed by atoms with E-state index in [1.165, 1.54) is 70.8 Å². The maximum atomic E-state index is 11.5. The highest BCUT2D eigenvalue weighted by Crippen LogP contribution is 2.18. The molecule has 0 spiro atoms. The minimum absolute atomic E-state index is 0.0791. The summed E-state index contributed by atoms with van der Waals surface area (Å²) < 4.78 is 0. The Morgan fingerprint density at radius 2 is 1.10 bits per heavy atom. The minimum atomic E-state index is -0.0791. The molecule has 3 heteroatoms. The number of carbonyl (C=O) groups is 1. The quantitative estimate of drug-likeness (QED) is 0.769. The van der Waals surface area contributed by atoms with Gasteiger partial charge < -0.3 is 11.1 Å². The monoisotopic (exact) mass is 282 g/mol. The molecule has 0 aliphatic carbocycles. The van der Waals surface area contributed by atoms with Gasteiger partial charge in [-0.1, -0.05) is 57.8 Å². The van der Waals surface area contributed by atoms with Crippen molar-refractivity contribution in [2.24, 2.45) is 11.7 Å². The van der Waals surface area contributed by atoms with Gasteiger partial charge in [0, 0.05) is 5.92 Å². The molecule has 1 heterocycles.